The third kappa shape index (κ3) is 4.97. The van der Waals surface area contributed by atoms with Crippen LogP contribution in [0.15, 0.2) is 43.0 Å². The summed E-state index contributed by atoms with van der Waals surface area (Å²) < 4.78 is 5.40. The van der Waals surface area contributed by atoms with Crippen LogP contribution in [0.2, 0.25) is 0 Å². The Hall–Kier alpha value is -2.05. The summed E-state index contributed by atoms with van der Waals surface area (Å²) in [7, 11) is 0. The monoisotopic (exact) mass is 313 g/mol. The van der Waals surface area contributed by atoms with Gasteiger partial charge in [0.25, 0.3) is 0 Å². The molecule has 2 aromatic rings. The Morgan fingerprint density at radius 2 is 1.78 bits per heavy atom. The van der Waals surface area contributed by atoms with E-state index in [9.17, 15) is 0 Å². The summed E-state index contributed by atoms with van der Waals surface area (Å²) in [5, 5.41) is 0. The van der Waals surface area contributed by atoms with E-state index in [-0.39, 0.29) is 0 Å². The zero-order chi connectivity index (χ0) is 15.7. The molecule has 3 rings (SSSR count). The molecule has 0 N–H and O–H groups in total. The highest BCUT2D eigenvalue weighted by Crippen LogP contribution is 2.12. The largest absolute Gasteiger partial charge is 0.379 e. The summed E-state index contributed by atoms with van der Waals surface area (Å²) in [4.78, 5) is 17.6. The first-order valence-electron chi connectivity index (χ1n) is 8.13. The first-order valence-corrected chi connectivity index (χ1v) is 8.13. The summed E-state index contributed by atoms with van der Waals surface area (Å²) in [6.07, 6.45) is 8.33. The smallest absolute Gasteiger partial charge is 0.225 e. The zero-order valence-corrected chi connectivity index (χ0v) is 13.3. The Kier molecular flexibility index (Phi) is 5.88. The lowest BCUT2D eigenvalue weighted by atomic mass is 10.2. The quantitative estimate of drug-likeness (QED) is 0.774. The van der Waals surface area contributed by atoms with Crippen LogP contribution in [0.3, 0.4) is 0 Å². The first kappa shape index (κ1) is 15.8. The van der Waals surface area contributed by atoms with Crippen LogP contribution < -0.4 is 4.90 Å². The second-order valence-corrected chi connectivity index (χ2v) is 5.63. The van der Waals surface area contributed by atoms with E-state index in [0.717, 1.165) is 58.3 Å². The molecule has 6 heteroatoms. The topological polar surface area (TPSA) is 54.4 Å². The molecule has 1 saturated heterocycles. The van der Waals surface area contributed by atoms with Crippen molar-refractivity contribution in [3.05, 3.63) is 48.5 Å². The highest BCUT2D eigenvalue weighted by molar-refractivity contribution is 5.30. The van der Waals surface area contributed by atoms with Gasteiger partial charge in [-0.25, -0.2) is 9.97 Å². The lowest BCUT2D eigenvalue weighted by molar-refractivity contribution is 0.0376. The van der Waals surface area contributed by atoms with Crippen LogP contribution in [0.5, 0.6) is 0 Å². The van der Waals surface area contributed by atoms with Crippen LogP contribution in [0, 0.1) is 0 Å². The van der Waals surface area contributed by atoms with Crippen molar-refractivity contribution in [2.24, 2.45) is 0 Å². The second kappa shape index (κ2) is 8.55. The normalized spacial score (nSPS) is 15.5. The van der Waals surface area contributed by atoms with Crippen LogP contribution in [0.1, 0.15) is 12.0 Å². The second-order valence-electron chi connectivity index (χ2n) is 5.63. The summed E-state index contributed by atoms with van der Waals surface area (Å²) in [6.45, 7) is 6.59. The molecule has 0 spiro atoms. The SMILES string of the molecule is c1cnc(N(CCCN2CCOCC2)Cc2ccncc2)nc1. The number of hydrogen-bond donors (Lipinski definition) is 0. The minimum Gasteiger partial charge on any atom is -0.379 e. The van der Waals surface area contributed by atoms with E-state index >= 15 is 0 Å². The van der Waals surface area contributed by atoms with Crippen molar-refractivity contribution in [1.29, 1.82) is 0 Å². The molecule has 23 heavy (non-hydrogen) atoms. The third-order valence-corrected chi connectivity index (χ3v) is 3.96. The molecule has 1 aliphatic heterocycles. The van der Waals surface area contributed by atoms with E-state index in [4.69, 9.17) is 4.74 Å². The van der Waals surface area contributed by atoms with Gasteiger partial charge < -0.3 is 9.64 Å². The fourth-order valence-corrected chi connectivity index (χ4v) is 2.72. The molecule has 2 aromatic heterocycles. The minimum absolute atomic E-state index is 0.784. The maximum atomic E-state index is 5.40. The molecule has 1 fully saturated rings. The average molecular weight is 313 g/mol. The van der Waals surface area contributed by atoms with Gasteiger partial charge in [-0.05, 0) is 30.2 Å². The number of hydrogen-bond acceptors (Lipinski definition) is 6. The van der Waals surface area contributed by atoms with E-state index in [0.29, 0.717) is 0 Å². The van der Waals surface area contributed by atoms with Crippen LogP contribution in [-0.4, -0.2) is 59.2 Å². The van der Waals surface area contributed by atoms with Crippen molar-refractivity contribution in [3.63, 3.8) is 0 Å². The van der Waals surface area contributed by atoms with E-state index < -0.39 is 0 Å². The number of nitrogens with zero attached hydrogens (tertiary/aromatic N) is 5. The van der Waals surface area contributed by atoms with Gasteiger partial charge in [0, 0.05) is 57.5 Å². The molecule has 0 unspecified atom stereocenters. The van der Waals surface area contributed by atoms with Crippen LogP contribution >= 0.6 is 0 Å². The van der Waals surface area contributed by atoms with E-state index in [1.54, 1.807) is 12.4 Å². The molecule has 3 heterocycles. The third-order valence-electron chi connectivity index (χ3n) is 3.96. The van der Waals surface area contributed by atoms with Crippen LogP contribution in [0.25, 0.3) is 0 Å². The van der Waals surface area contributed by atoms with E-state index in [2.05, 4.69) is 24.8 Å². The van der Waals surface area contributed by atoms with E-state index in [1.807, 2.05) is 30.6 Å². The fourth-order valence-electron chi connectivity index (χ4n) is 2.72. The van der Waals surface area contributed by atoms with Gasteiger partial charge >= 0.3 is 0 Å². The predicted molar refractivity (Wildman–Crippen MR) is 89.2 cm³/mol. The van der Waals surface area contributed by atoms with Gasteiger partial charge in [0.1, 0.15) is 0 Å². The van der Waals surface area contributed by atoms with Gasteiger partial charge in [0.05, 0.1) is 13.2 Å². The highest BCUT2D eigenvalue weighted by Gasteiger charge is 2.13. The maximum absolute atomic E-state index is 5.40. The molecular formula is C17H23N5O. The number of ether oxygens (including phenoxy) is 1. The van der Waals surface area contributed by atoms with Crippen molar-refractivity contribution in [3.8, 4) is 0 Å². The zero-order valence-electron chi connectivity index (χ0n) is 13.3. The molecule has 0 saturated carbocycles. The molecule has 0 radical (unpaired) electrons. The van der Waals surface area contributed by atoms with Crippen molar-refractivity contribution < 1.29 is 4.74 Å². The maximum Gasteiger partial charge on any atom is 0.225 e. The molecule has 1 aliphatic rings. The van der Waals surface area contributed by atoms with Crippen molar-refractivity contribution in [2.45, 2.75) is 13.0 Å². The average Bonchev–Trinajstić information content (AvgIpc) is 2.63. The van der Waals surface area contributed by atoms with Gasteiger partial charge in [0.15, 0.2) is 0 Å². The fraction of sp³-hybridized carbons (Fsp3) is 0.471. The lowest BCUT2D eigenvalue weighted by Gasteiger charge is -2.28. The highest BCUT2D eigenvalue weighted by atomic mass is 16.5. The van der Waals surface area contributed by atoms with Gasteiger partial charge in [0.2, 0.25) is 5.95 Å². The Morgan fingerprint density at radius 3 is 2.52 bits per heavy atom. The van der Waals surface area contributed by atoms with Crippen molar-refractivity contribution in [1.82, 2.24) is 19.9 Å². The molecular weight excluding hydrogens is 290 g/mol. The molecule has 0 aromatic carbocycles. The van der Waals surface area contributed by atoms with Gasteiger partial charge in [-0.1, -0.05) is 0 Å². The number of aromatic nitrogens is 3. The summed E-state index contributed by atoms with van der Waals surface area (Å²) in [5.41, 5.74) is 1.22. The summed E-state index contributed by atoms with van der Waals surface area (Å²) >= 11 is 0. The standard InChI is InChI=1S/C17H23N5O/c1-5-19-17(20-6-1)22(15-16-3-7-18-8-4-16)10-2-9-21-11-13-23-14-12-21/h1,3-8H,2,9-15H2. The molecule has 0 bridgehead atoms. The predicted octanol–water partition coefficient (Wildman–Crippen LogP) is 1.60. The van der Waals surface area contributed by atoms with Crippen LogP contribution in [0.4, 0.5) is 5.95 Å². The van der Waals surface area contributed by atoms with Crippen molar-refractivity contribution >= 4 is 5.95 Å². The lowest BCUT2D eigenvalue weighted by Crippen LogP contribution is -2.38. The Bertz CT molecular complexity index is 560. The first-order chi connectivity index (χ1) is 11.4. The molecule has 0 amide bonds. The van der Waals surface area contributed by atoms with E-state index in [1.165, 1.54) is 5.56 Å². The van der Waals surface area contributed by atoms with Gasteiger partial charge in [-0.3, -0.25) is 9.88 Å². The number of rotatable bonds is 7. The summed E-state index contributed by atoms with van der Waals surface area (Å²) in [6, 6.07) is 5.93. The molecule has 0 aliphatic carbocycles. The Balaban J connectivity index is 1.58. The Morgan fingerprint density at radius 1 is 1.04 bits per heavy atom. The summed E-state index contributed by atoms with van der Waals surface area (Å²) in [5.74, 6) is 0.784. The minimum atomic E-state index is 0.784. The number of anilines is 1. The molecule has 6 nitrogen and oxygen atoms in total. The molecule has 0 atom stereocenters. The molecule has 122 valence electrons. The van der Waals surface area contributed by atoms with Gasteiger partial charge in [-0.15, -0.1) is 0 Å². The van der Waals surface area contributed by atoms with Crippen molar-refractivity contribution in [2.75, 3.05) is 44.3 Å². The van der Waals surface area contributed by atoms with Gasteiger partial charge in [-0.2, -0.15) is 0 Å². The number of pyridine rings is 1. The van der Waals surface area contributed by atoms with Crippen LogP contribution in [-0.2, 0) is 11.3 Å². The Labute approximate surface area is 137 Å². The number of morpholine rings is 1.